The number of fused-ring (bicyclic) bond motifs is 1. The van der Waals surface area contributed by atoms with Crippen LogP contribution in [0.3, 0.4) is 0 Å². The molecule has 6 heteroatoms. The molecule has 0 saturated carbocycles. The molecule has 0 radical (unpaired) electrons. The Bertz CT molecular complexity index is 885. The van der Waals surface area contributed by atoms with Crippen molar-refractivity contribution in [2.24, 2.45) is 0 Å². The predicted octanol–water partition coefficient (Wildman–Crippen LogP) is 4.10. The first kappa shape index (κ1) is 17.1. The molecule has 2 N–H and O–H groups in total. The molecule has 0 aliphatic heterocycles. The summed E-state index contributed by atoms with van der Waals surface area (Å²) in [6.07, 6.45) is 0. The molecule has 0 spiro atoms. The maximum Gasteiger partial charge on any atom is 0.336 e. The van der Waals surface area contributed by atoms with Gasteiger partial charge in [-0.25, -0.2) is 4.79 Å². The summed E-state index contributed by atoms with van der Waals surface area (Å²) in [6.45, 7) is 1.85. The summed E-state index contributed by atoms with van der Waals surface area (Å²) in [6, 6.07) is 16.0. The van der Waals surface area contributed by atoms with Gasteiger partial charge in [0.2, 0.25) is 5.91 Å². The van der Waals surface area contributed by atoms with Crippen molar-refractivity contribution in [3.8, 4) is 0 Å². The number of rotatable bonds is 6. The molecule has 1 aromatic heterocycles. The van der Waals surface area contributed by atoms with Gasteiger partial charge in [-0.05, 0) is 31.2 Å². The van der Waals surface area contributed by atoms with Crippen LogP contribution in [0.15, 0.2) is 63.9 Å². The van der Waals surface area contributed by atoms with Gasteiger partial charge in [0.1, 0.15) is 11.3 Å². The number of aromatic carboxylic acids is 1. The molecule has 128 valence electrons. The number of hydrogen-bond donors (Lipinski definition) is 2. The first-order valence-electron chi connectivity index (χ1n) is 7.77. The van der Waals surface area contributed by atoms with Gasteiger partial charge in [-0.15, -0.1) is 11.8 Å². The lowest BCUT2D eigenvalue weighted by atomic mass is 10.2. The standard InChI is InChI=1S/C19H17NO4S/c1-12(16-10-13-6-2-4-8-15(13)24-16)20-18(21)11-25-17-9-5-3-7-14(17)19(22)23/h2-10,12H,11H2,1H3,(H,20,21)(H,22,23)/t12-/m0/s1. The Morgan fingerprint density at radius 1 is 1.16 bits per heavy atom. The van der Waals surface area contributed by atoms with Crippen molar-refractivity contribution in [1.29, 1.82) is 0 Å². The zero-order valence-electron chi connectivity index (χ0n) is 13.6. The lowest BCUT2D eigenvalue weighted by molar-refractivity contribution is -0.119. The lowest BCUT2D eigenvalue weighted by Crippen LogP contribution is -2.28. The van der Waals surface area contributed by atoms with Crippen molar-refractivity contribution in [3.63, 3.8) is 0 Å². The molecular formula is C19H17NO4S. The number of benzene rings is 2. The van der Waals surface area contributed by atoms with Crippen LogP contribution < -0.4 is 5.32 Å². The molecule has 0 unspecified atom stereocenters. The van der Waals surface area contributed by atoms with Crippen LogP contribution >= 0.6 is 11.8 Å². The summed E-state index contributed by atoms with van der Waals surface area (Å²) < 4.78 is 5.74. The zero-order chi connectivity index (χ0) is 17.8. The second-order valence-electron chi connectivity index (χ2n) is 5.57. The van der Waals surface area contributed by atoms with Crippen molar-refractivity contribution in [3.05, 3.63) is 65.9 Å². The van der Waals surface area contributed by atoms with Crippen LogP contribution in [0, 0.1) is 0 Å². The van der Waals surface area contributed by atoms with Crippen LogP contribution in [-0.4, -0.2) is 22.7 Å². The Balaban J connectivity index is 1.61. The van der Waals surface area contributed by atoms with Crippen LogP contribution in [0.1, 0.15) is 29.1 Å². The summed E-state index contributed by atoms with van der Waals surface area (Å²) in [5.41, 5.74) is 0.981. The van der Waals surface area contributed by atoms with Crippen LogP contribution in [-0.2, 0) is 4.79 Å². The maximum absolute atomic E-state index is 12.2. The van der Waals surface area contributed by atoms with Crippen molar-refractivity contribution >= 4 is 34.6 Å². The minimum Gasteiger partial charge on any atom is -0.478 e. The Labute approximate surface area is 149 Å². The number of hydrogen-bond acceptors (Lipinski definition) is 4. The summed E-state index contributed by atoms with van der Waals surface area (Å²) in [7, 11) is 0. The number of nitrogens with one attached hydrogen (secondary N) is 1. The van der Waals surface area contributed by atoms with E-state index >= 15 is 0 Å². The highest BCUT2D eigenvalue weighted by Gasteiger charge is 2.16. The van der Waals surface area contributed by atoms with Gasteiger partial charge >= 0.3 is 5.97 Å². The number of thioether (sulfide) groups is 1. The first-order chi connectivity index (χ1) is 12.0. The third-order valence-electron chi connectivity index (χ3n) is 3.73. The smallest absolute Gasteiger partial charge is 0.336 e. The van der Waals surface area contributed by atoms with E-state index in [-0.39, 0.29) is 23.3 Å². The van der Waals surface area contributed by atoms with Crippen molar-refractivity contribution in [2.75, 3.05) is 5.75 Å². The normalized spacial score (nSPS) is 12.0. The quantitative estimate of drug-likeness (QED) is 0.651. The van der Waals surface area contributed by atoms with E-state index in [1.165, 1.54) is 17.8 Å². The number of carbonyl (C=O) groups is 2. The highest BCUT2D eigenvalue weighted by atomic mass is 32.2. The summed E-state index contributed by atoms with van der Waals surface area (Å²) >= 11 is 1.20. The average Bonchev–Trinajstić information content (AvgIpc) is 3.04. The second-order valence-corrected chi connectivity index (χ2v) is 6.58. The Morgan fingerprint density at radius 3 is 2.64 bits per heavy atom. The van der Waals surface area contributed by atoms with Crippen LogP contribution in [0.4, 0.5) is 0 Å². The Morgan fingerprint density at radius 2 is 1.88 bits per heavy atom. The van der Waals surface area contributed by atoms with Crippen LogP contribution in [0.25, 0.3) is 11.0 Å². The summed E-state index contributed by atoms with van der Waals surface area (Å²) in [5, 5.41) is 13.0. The second kappa shape index (κ2) is 7.44. The topological polar surface area (TPSA) is 79.5 Å². The van der Waals surface area contributed by atoms with E-state index in [0.717, 1.165) is 11.0 Å². The van der Waals surface area contributed by atoms with Gasteiger partial charge in [0.25, 0.3) is 0 Å². The molecule has 25 heavy (non-hydrogen) atoms. The molecule has 5 nitrogen and oxygen atoms in total. The van der Waals surface area contributed by atoms with Gasteiger partial charge in [0.15, 0.2) is 0 Å². The third-order valence-corrected chi connectivity index (χ3v) is 4.80. The number of carboxylic acids is 1. The molecule has 0 saturated heterocycles. The van der Waals surface area contributed by atoms with Crippen LogP contribution in [0.2, 0.25) is 0 Å². The van der Waals surface area contributed by atoms with Gasteiger partial charge in [-0.3, -0.25) is 4.79 Å². The van der Waals surface area contributed by atoms with E-state index in [0.29, 0.717) is 10.7 Å². The Kier molecular flexibility index (Phi) is 5.09. The molecule has 3 rings (SSSR count). The Hall–Kier alpha value is -2.73. The highest BCUT2D eigenvalue weighted by molar-refractivity contribution is 8.00. The number of furan rings is 1. The fourth-order valence-corrected chi connectivity index (χ4v) is 3.34. The SMILES string of the molecule is C[C@H](NC(=O)CSc1ccccc1C(=O)O)c1cc2ccccc2o1. The lowest BCUT2D eigenvalue weighted by Gasteiger charge is -2.11. The third kappa shape index (κ3) is 4.03. The molecular weight excluding hydrogens is 338 g/mol. The van der Waals surface area contributed by atoms with E-state index in [1.54, 1.807) is 18.2 Å². The molecule has 0 aliphatic rings. The van der Waals surface area contributed by atoms with Gasteiger partial charge < -0.3 is 14.8 Å². The molecule has 1 amide bonds. The fourth-order valence-electron chi connectivity index (χ4n) is 2.48. The van der Waals surface area contributed by atoms with Gasteiger partial charge in [0.05, 0.1) is 17.4 Å². The number of carbonyl (C=O) groups excluding carboxylic acids is 1. The van der Waals surface area contributed by atoms with E-state index in [1.807, 2.05) is 37.3 Å². The van der Waals surface area contributed by atoms with E-state index in [2.05, 4.69) is 5.32 Å². The highest BCUT2D eigenvalue weighted by Crippen LogP contribution is 2.25. The fraction of sp³-hybridized carbons (Fsp3) is 0.158. The average molecular weight is 355 g/mol. The maximum atomic E-state index is 12.2. The summed E-state index contributed by atoms with van der Waals surface area (Å²) in [5.74, 6) is -0.364. The molecule has 3 aromatic rings. The largest absolute Gasteiger partial charge is 0.478 e. The van der Waals surface area contributed by atoms with Gasteiger partial charge in [-0.2, -0.15) is 0 Å². The zero-order valence-corrected chi connectivity index (χ0v) is 14.4. The van der Waals surface area contributed by atoms with Crippen molar-refractivity contribution in [1.82, 2.24) is 5.32 Å². The number of para-hydroxylation sites is 1. The molecule has 0 bridgehead atoms. The van der Waals surface area contributed by atoms with Crippen molar-refractivity contribution in [2.45, 2.75) is 17.9 Å². The minimum absolute atomic E-state index is 0.134. The van der Waals surface area contributed by atoms with Gasteiger partial charge in [0, 0.05) is 10.3 Å². The van der Waals surface area contributed by atoms with E-state index in [9.17, 15) is 9.59 Å². The van der Waals surface area contributed by atoms with E-state index in [4.69, 9.17) is 9.52 Å². The van der Waals surface area contributed by atoms with Gasteiger partial charge in [-0.1, -0.05) is 30.3 Å². The summed E-state index contributed by atoms with van der Waals surface area (Å²) in [4.78, 5) is 23.9. The van der Waals surface area contributed by atoms with E-state index < -0.39 is 5.97 Å². The number of carboxylic acid groups (broad SMARTS) is 1. The minimum atomic E-state index is -1.00. The molecule has 1 heterocycles. The monoisotopic (exact) mass is 355 g/mol. The molecule has 1 atom stereocenters. The molecule has 0 aliphatic carbocycles. The first-order valence-corrected chi connectivity index (χ1v) is 8.76. The van der Waals surface area contributed by atoms with Crippen molar-refractivity contribution < 1.29 is 19.1 Å². The molecule has 0 fully saturated rings. The predicted molar refractivity (Wildman–Crippen MR) is 96.9 cm³/mol. The van der Waals surface area contributed by atoms with Crippen LogP contribution in [0.5, 0.6) is 0 Å². The number of amides is 1. The molecule has 2 aromatic carbocycles.